The Bertz CT molecular complexity index is 400. The largest absolute Gasteiger partial charge is 0.481 e. The zero-order valence-electron chi connectivity index (χ0n) is 9.89. The van der Waals surface area contributed by atoms with Gasteiger partial charge in [-0.15, -0.1) is 0 Å². The first-order valence-electron chi connectivity index (χ1n) is 5.70. The smallest absolute Gasteiger partial charge is 0.305 e. The zero-order valence-corrected chi connectivity index (χ0v) is 9.89. The third-order valence-corrected chi connectivity index (χ3v) is 2.34. The second kappa shape index (κ2) is 7.42. The number of hydrogen-bond acceptors (Lipinski definition) is 3. The van der Waals surface area contributed by atoms with Crippen LogP contribution >= 0.6 is 0 Å². The Morgan fingerprint density at radius 2 is 1.83 bits per heavy atom. The van der Waals surface area contributed by atoms with Gasteiger partial charge in [0.15, 0.2) is 0 Å². The summed E-state index contributed by atoms with van der Waals surface area (Å²) in [5.74, 6) is -1.63. The molecule has 1 rings (SSSR count). The van der Waals surface area contributed by atoms with E-state index in [-0.39, 0.29) is 31.7 Å². The van der Waals surface area contributed by atoms with Crippen LogP contribution in [0, 0.1) is 5.82 Å². The van der Waals surface area contributed by atoms with Crippen LogP contribution in [0.15, 0.2) is 24.3 Å². The standard InChI is InChI=1S/C13H15FO4/c14-11-6-4-10(5-7-11)8-9-18-13(17)3-1-2-12(15)16/h4-7H,1-3,8-9H2,(H,15,16). The highest BCUT2D eigenvalue weighted by Crippen LogP contribution is 2.04. The molecule has 0 unspecified atom stereocenters. The highest BCUT2D eigenvalue weighted by molar-refractivity contribution is 5.71. The predicted molar refractivity (Wildman–Crippen MR) is 62.5 cm³/mol. The molecule has 1 N–H and O–H groups in total. The molecule has 18 heavy (non-hydrogen) atoms. The summed E-state index contributed by atoms with van der Waals surface area (Å²) in [5, 5.41) is 8.39. The van der Waals surface area contributed by atoms with Gasteiger partial charge >= 0.3 is 11.9 Å². The molecule has 0 atom stereocenters. The van der Waals surface area contributed by atoms with E-state index in [1.165, 1.54) is 12.1 Å². The van der Waals surface area contributed by atoms with Crippen LogP contribution in [0.3, 0.4) is 0 Å². The average molecular weight is 254 g/mol. The van der Waals surface area contributed by atoms with Crippen molar-refractivity contribution in [3.05, 3.63) is 35.6 Å². The fraction of sp³-hybridized carbons (Fsp3) is 0.385. The molecule has 4 nitrogen and oxygen atoms in total. The molecule has 0 aromatic heterocycles. The highest BCUT2D eigenvalue weighted by Gasteiger charge is 2.05. The average Bonchev–Trinajstić information content (AvgIpc) is 2.31. The molecule has 5 heteroatoms. The number of esters is 1. The van der Waals surface area contributed by atoms with Crippen LogP contribution in [-0.2, 0) is 20.7 Å². The van der Waals surface area contributed by atoms with E-state index in [0.29, 0.717) is 6.42 Å². The van der Waals surface area contributed by atoms with Gasteiger partial charge in [-0.25, -0.2) is 4.39 Å². The van der Waals surface area contributed by atoms with Gasteiger partial charge in [0.05, 0.1) is 6.61 Å². The minimum atomic E-state index is -0.922. The predicted octanol–water partition coefficient (Wildman–Crippen LogP) is 2.17. The summed E-state index contributed by atoms with van der Waals surface area (Å²) in [6, 6.07) is 5.97. The fourth-order valence-electron chi connectivity index (χ4n) is 1.39. The van der Waals surface area contributed by atoms with Crippen molar-refractivity contribution in [1.29, 1.82) is 0 Å². The van der Waals surface area contributed by atoms with Crippen molar-refractivity contribution in [2.75, 3.05) is 6.61 Å². The van der Waals surface area contributed by atoms with E-state index in [1.54, 1.807) is 12.1 Å². The number of aliphatic carboxylic acids is 1. The summed E-state index contributed by atoms with van der Waals surface area (Å²) in [5.41, 5.74) is 0.884. The molecule has 0 aliphatic heterocycles. The lowest BCUT2D eigenvalue weighted by Gasteiger charge is -2.04. The Morgan fingerprint density at radius 1 is 1.17 bits per heavy atom. The summed E-state index contributed by atoms with van der Waals surface area (Å²) in [6.45, 7) is 0.220. The van der Waals surface area contributed by atoms with Crippen LogP contribution in [0.5, 0.6) is 0 Å². The molecule has 0 spiro atoms. The first-order valence-corrected chi connectivity index (χ1v) is 5.70. The maximum atomic E-state index is 12.6. The third-order valence-electron chi connectivity index (χ3n) is 2.34. The van der Waals surface area contributed by atoms with Crippen molar-refractivity contribution < 1.29 is 23.8 Å². The topological polar surface area (TPSA) is 63.6 Å². The third kappa shape index (κ3) is 5.98. The molecule has 98 valence electrons. The van der Waals surface area contributed by atoms with Crippen molar-refractivity contribution in [2.45, 2.75) is 25.7 Å². The number of carbonyl (C=O) groups is 2. The first kappa shape index (κ1) is 14.2. The van der Waals surface area contributed by atoms with Gasteiger partial charge in [0.1, 0.15) is 5.82 Å². The summed E-state index contributed by atoms with van der Waals surface area (Å²) >= 11 is 0. The Morgan fingerprint density at radius 3 is 2.44 bits per heavy atom. The minimum absolute atomic E-state index is 0.0347. The molecule has 0 saturated carbocycles. The second-order valence-electron chi connectivity index (χ2n) is 3.84. The molecule has 1 aromatic carbocycles. The van der Waals surface area contributed by atoms with Crippen molar-refractivity contribution in [1.82, 2.24) is 0 Å². The van der Waals surface area contributed by atoms with Crippen molar-refractivity contribution in [2.24, 2.45) is 0 Å². The number of benzene rings is 1. The zero-order chi connectivity index (χ0) is 13.4. The maximum Gasteiger partial charge on any atom is 0.305 e. The van der Waals surface area contributed by atoms with Crippen LogP contribution in [0.1, 0.15) is 24.8 Å². The van der Waals surface area contributed by atoms with Crippen molar-refractivity contribution >= 4 is 11.9 Å². The molecule has 0 aliphatic carbocycles. The molecule has 0 saturated heterocycles. The molecule has 0 bridgehead atoms. The van der Waals surface area contributed by atoms with Gasteiger partial charge in [-0.3, -0.25) is 9.59 Å². The normalized spacial score (nSPS) is 10.1. The Labute approximate surface area is 104 Å². The second-order valence-corrected chi connectivity index (χ2v) is 3.84. The molecular weight excluding hydrogens is 239 g/mol. The number of ether oxygens (including phenoxy) is 1. The van der Waals surface area contributed by atoms with Gasteiger partial charge in [0, 0.05) is 19.3 Å². The van der Waals surface area contributed by atoms with E-state index < -0.39 is 11.9 Å². The number of halogens is 1. The Balaban J connectivity index is 2.15. The number of hydrogen-bond donors (Lipinski definition) is 1. The molecule has 0 fully saturated rings. The Kier molecular flexibility index (Phi) is 5.84. The van der Waals surface area contributed by atoms with Gasteiger partial charge in [0.2, 0.25) is 0 Å². The molecular formula is C13H15FO4. The van der Waals surface area contributed by atoms with Gasteiger partial charge in [-0.05, 0) is 24.1 Å². The van der Waals surface area contributed by atoms with Crippen LogP contribution < -0.4 is 0 Å². The van der Waals surface area contributed by atoms with Gasteiger partial charge < -0.3 is 9.84 Å². The number of rotatable bonds is 7. The molecule has 0 radical (unpaired) electrons. The van der Waals surface area contributed by atoms with Crippen LogP contribution in [0.25, 0.3) is 0 Å². The quantitative estimate of drug-likeness (QED) is 0.757. The molecule has 0 heterocycles. The van der Waals surface area contributed by atoms with E-state index in [4.69, 9.17) is 9.84 Å². The molecule has 0 aliphatic rings. The molecule has 0 amide bonds. The van der Waals surface area contributed by atoms with Gasteiger partial charge in [0.25, 0.3) is 0 Å². The summed E-state index contributed by atoms with van der Waals surface area (Å²) in [6.07, 6.45) is 0.873. The van der Waals surface area contributed by atoms with Crippen LogP contribution in [0.2, 0.25) is 0 Å². The van der Waals surface area contributed by atoms with Gasteiger partial charge in [-0.1, -0.05) is 12.1 Å². The highest BCUT2D eigenvalue weighted by atomic mass is 19.1. The number of carbonyl (C=O) groups excluding carboxylic acids is 1. The van der Waals surface area contributed by atoms with Crippen LogP contribution in [-0.4, -0.2) is 23.7 Å². The van der Waals surface area contributed by atoms with E-state index in [0.717, 1.165) is 5.56 Å². The summed E-state index contributed by atoms with van der Waals surface area (Å²) in [7, 11) is 0. The maximum absolute atomic E-state index is 12.6. The lowest BCUT2D eigenvalue weighted by Crippen LogP contribution is -2.08. The first-order chi connectivity index (χ1) is 8.58. The number of carboxylic acids is 1. The monoisotopic (exact) mass is 254 g/mol. The Hall–Kier alpha value is -1.91. The lowest BCUT2D eigenvalue weighted by atomic mass is 10.2. The van der Waals surface area contributed by atoms with E-state index in [2.05, 4.69) is 0 Å². The minimum Gasteiger partial charge on any atom is -0.481 e. The number of carboxylic acid groups (broad SMARTS) is 1. The SMILES string of the molecule is O=C(O)CCCC(=O)OCCc1ccc(F)cc1. The summed E-state index contributed by atoms with van der Waals surface area (Å²) in [4.78, 5) is 21.4. The van der Waals surface area contributed by atoms with E-state index in [1.807, 2.05) is 0 Å². The fourth-order valence-corrected chi connectivity index (χ4v) is 1.39. The van der Waals surface area contributed by atoms with Crippen molar-refractivity contribution in [3.63, 3.8) is 0 Å². The summed E-state index contributed by atoms with van der Waals surface area (Å²) < 4.78 is 17.5. The van der Waals surface area contributed by atoms with E-state index >= 15 is 0 Å². The van der Waals surface area contributed by atoms with Gasteiger partial charge in [-0.2, -0.15) is 0 Å². The van der Waals surface area contributed by atoms with E-state index in [9.17, 15) is 14.0 Å². The lowest BCUT2D eigenvalue weighted by molar-refractivity contribution is -0.144. The molecule has 1 aromatic rings. The van der Waals surface area contributed by atoms with Crippen molar-refractivity contribution in [3.8, 4) is 0 Å². The van der Waals surface area contributed by atoms with Crippen LogP contribution in [0.4, 0.5) is 4.39 Å².